The van der Waals surface area contributed by atoms with Crippen LogP contribution in [0.5, 0.6) is 0 Å². The lowest BCUT2D eigenvalue weighted by atomic mass is 10.0. The van der Waals surface area contributed by atoms with Gasteiger partial charge in [-0.2, -0.15) is 0 Å². The summed E-state index contributed by atoms with van der Waals surface area (Å²) in [6.07, 6.45) is 0. The van der Waals surface area contributed by atoms with E-state index in [1.54, 1.807) is 0 Å². The van der Waals surface area contributed by atoms with Crippen molar-refractivity contribution in [1.82, 2.24) is 24.9 Å². The Bertz CT molecular complexity index is 3480. The first-order valence-electron chi connectivity index (χ1n) is 18.7. The highest BCUT2D eigenvalue weighted by Crippen LogP contribution is 2.44. The Hall–Kier alpha value is -7.97. The monoisotopic (exact) mass is 733 g/mol. The van der Waals surface area contributed by atoms with Gasteiger partial charge in [0, 0.05) is 54.7 Å². The molecule has 0 fully saturated rings. The van der Waals surface area contributed by atoms with E-state index in [2.05, 4.69) is 12.1 Å². The highest BCUT2D eigenvalue weighted by Gasteiger charge is 2.25. The predicted molar refractivity (Wildman–Crippen MR) is 224 cm³/mol. The van der Waals surface area contributed by atoms with Crippen molar-refractivity contribution < 1.29 is 13.3 Å². The summed E-state index contributed by atoms with van der Waals surface area (Å²) < 4.78 is 19.7. The van der Waals surface area contributed by atoms with E-state index in [0.29, 0.717) is 51.3 Å². The van der Waals surface area contributed by atoms with Crippen LogP contribution >= 0.6 is 0 Å². The second-order valence-electron chi connectivity index (χ2n) is 14.0. The fraction of sp³-hybridized carbons (Fsp3) is 0. The molecule has 0 atom stereocenters. The number of rotatable bonds is 5. The first-order chi connectivity index (χ1) is 28.2. The number of nitrogens with zero attached hydrogens (tertiary/aromatic N) is 5. The van der Waals surface area contributed by atoms with Gasteiger partial charge in [0.15, 0.2) is 28.9 Å². The molecule has 0 unspecified atom stereocenters. The molecule has 57 heavy (non-hydrogen) atoms. The van der Waals surface area contributed by atoms with Gasteiger partial charge >= 0.3 is 0 Å². The van der Waals surface area contributed by atoms with Gasteiger partial charge in [-0.15, -0.1) is 0 Å². The van der Waals surface area contributed by atoms with E-state index in [-0.39, 0.29) is 0 Å². The minimum Gasteiger partial charge on any atom is -0.456 e. The Labute approximate surface area is 323 Å². The molecule has 0 aliphatic rings. The Kier molecular flexibility index (Phi) is 6.76. The number of para-hydroxylation sites is 3. The summed E-state index contributed by atoms with van der Waals surface area (Å²) in [5, 5.41) is 4.64. The Morgan fingerprint density at radius 3 is 1.44 bits per heavy atom. The maximum absolute atomic E-state index is 6.60. The van der Waals surface area contributed by atoms with Crippen molar-refractivity contribution in [2.24, 2.45) is 0 Å². The molecule has 0 saturated carbocycles. The van der Waals surface area contributed by atoms with Crippen molar-refractivity contribution in [3.63, 3.8) is 0 Å². The van der Waals surface area contributed by atoms with E-state index in [1.807, 2.05) is 152 Å². The Morgan fingerprint density at radius 2 is 0.772 bits per heavy atom. The first kappa shape index (κ1) is 31.4. The molecule has 0 aliphatic carbocycles. The van der Waals surface area contributed by atoms with Gasteiger partial charge < -0.3 is 13.3 Å². The highest BCUT2D eigenvalue weighted by molar-refractivity contribution is 6.18. The molecule has 12 aromatic rings. The molecule has 0 aliphatic heterocycles. The van der Waals surface area contributed by atoms with Gasteiger partial charge in [-0.3, -0.25) is 0 Å². The van der Waals surface area contributed by atoms with Gasteiger partial charge in [-0.25, -0.2) is 24.9 Å². The second-order valence-corrected chi connectivity index (χ2v) is 14.0. The lowest BCUT2D eigenvalue weighted by Gasteiger charge is -2.10. The number of furan rings is 3. The maximum Gasteiger partial charge on any atom is 0.180 e. The van der Waals surface area contributed by atoms with E-state index >= 15 is 0 Å². The van der Waals surface area contributed by atoms with Crippen molar-refractivity contribution in [2.45, 2.75) is 0 Å². The average molecular weight is 734 g/mol. The van der Waals surface area contributed by atoms with Crippen LogP contribution in [-0.4, -0.2) is 24.9 Å². The third-order valence-electron chi connectivity index (χ3n) is 10.6. The van der Waals surface area contributed by atoms with Crippen molar-refractivity contribution in [3.8, 4) is 56.8 Å². The van der Waals surface area contributed by atoms with Crippen molar-refractivity contribution in [3.05, 3.63) is 164 Å². The molecule has 5 aromatic heterocycles. The molecule has 8 nitrogen and oxygen atoms in total. The quantitative estimate of drug-likeness (QED) is 0.172. The molecule has 0 bridgehead atoms. The van der Waals surface area contributed by atoms with Crippen LogP contribution in [0.1, 0.15) is 0 Å². The molecule has 0 saturated heterocycles. The summed E-state index contributed by atoms with van der Waals surface area (Å²) in [5.74, 6) is 2.20. The standard InChI is InChI=1S/C49H27N5O3/c1-3-14-28(15-4-1)46-52-47(29-16-5-2-6-17-29)54-49(53-46)34-22-13-27-39-41(34)40-33(21-12-26-38(40)55-39)48-50-42-32-19-8-10-25-37(32)57-45(42)43(51-48)35-23-11-20-31-30-18-7-9-24-36(30)56-44(31)35/h1-27H. The normalized spacial score (nSPS) is 11.9. The van der Waals surface area contributed by atoms with Gasteiger partial charge in [0.25, 0.3) is 0 Å². The SMILES string of the molecule is c1ccc(-c2nc(-c3ccccc3)nc(-c3cccc4oc5cccc(-c6nc(-c7cccc8c7oc7ccccc78)c7oc8ccccc8c7n6)c5c34)n2)cc1. The highest BCUT2D eigenvalue weighted by atomic mass is 16.3. The number of hydrogen-bond donors (Lipinski definition) is 0. The van der Waals surface area contributed by atoms with Crippen LogP contribution < -0.4 is 0 Å². The van der Waals surface area contributed by atoms with Gasteiger partial charge in [-0.1, -0.05) is 127 Å². The van der Waals surface area contributed by atoms with Crippen LogP contribution in [0.15, 0.2) is 177 Å². The third kappa shape index (κ3) is 4.91. The number of fused-ring (bicyclic) bond motifs is 9. The molecule has 8 heteroatoms. The maximum atomic E-state index is 6.60. The fourth-order valence-corrected chi connectivity index (χ4v) is 8.00. The summed E-state index contributed by atoms with van der Waals surface area (Å²) >= 11 is 0. The van der Waals surface area contributed by atoms with Gasteiger partial charge in [0.05, 0.1) is 0 Å². The van der Waals surface area contributed by atoms with Crippen molar-refractivity contribution in [1.29, 1.82) is 0 Å². The zero-order valence-corrected chi connectivity index (χ0v) is 30.0. The van der Waals surface area contributed by atoms with Crippen LogP contribution in [0.2, 0.25) is 0 Å². The van der Waals surface area contributed by atoms with Crippen LogP contribution in [0.25, 0.3) is 123 Å². The van der Waals surface area contributed by atoms with E-state index in [4.69, 9.17) is 38.2 Å². The number of aromatic nitrogens is 5. The van der Waals surface area contributed by atoms with Gasteiger partial charge in [-0.05, 0) is 36.4 Å². The molecule has 12 rings (SSSR count). The van der Waals surface area contributed by atoms with Crippen LogP contribution in [0.4, 0.5) is 0 Å². The van der Waals surface area contributed by atoms with E-state index < -0.39 is 0 Å². The van der Waals surface area contributed by atoms with E-state index in [9.17, 15) is 0 Å². The number of hydrogen-bond acceptors (Lipinski definition) is 8. The smallest absolute Gasteiger partial charge is 0.180 e. The molecular formula is C49H27N5O3. The Morgan fingerprint density at radius 1 is 0.298 bits per heavy atom. The number of benzene rings is 7. The first-order valence-corrected chi connectivity index (χ1v) is 18.7. The molecule has 0 spiro atoms. The molecular weight excluding hydrogens is 707 g/mol. The van der Waals surface area contributed by atoms with Crippen molar-refractivity contribution in [2.75, 3.05) is 0 Å². The Balaban J connectivity index is 1.14. The zero-order valence-electron chi connectivity index (χ0n) is 30.0. The fourth-order valence-electron chi connectivity index (χ4n) is 8.00. The molecule has 0 radical (unpaired) electrons. The largest absolute Gasteiger partial charge is 0.456 e. The summed E-state index contributed by atoms with van der Waals surface area (Å²) in [6, 6.07) is 54.1. The molecule has 0 amide bonds. The lowest BCUT2D eigenvalue weighted by molar-refractivity contribution is 0.663. The van der Waals surface area contributed by atoms with Crippen molar-refractivity contribution >= 4 is 65.9 Å². The minimum absolute atomic E-state index is 0.519. The minimum atomic E-state index is 0.519. The molecule has 0 N–H and O–H groups in total. The summed E-state index contributed by atoms with van der Waals surface area (Å²) in [6.45, 7) is 0. The summed E-state index contributed by atoms with van der Waals surface area (Å²) in [5.41, 5.74) is 9.79. The molecule has 5 heterocycles. The van der Waals surface area contributed by atoms with Crippen LogP contribution in [0.3, 0.4) is 0 Å². The zero-order chi connectivity index (χ0) is 37.5. The summed E-state index contributed by atoms with van der Waals surface area (Å²) in [4.78, 5) is 25.7. The van der Waals surface area contributed by atoms with E-state index in [0.717, 1.165) is 71.5 Å². The lowest BCUT2D eigenvalue weighted by Crippen LogP contribution is -2.00. The van der Waals surface area contributed by atoms with Crippen LogP contribution in [-0.2, 0) is 0 Å². The van der Waals surface area contributed by atoms with E-state index in [1.165, 1.54) is 0 Å². The molecule has 266 valence electrons. The average Bonchev–Trinajstić information content (AvgIpc) is 3.98. The third-order valence-corrected chi connectivity index (χ3v) is 10.6. The van der Waals surface area contributed by atoms with Gasteiger partial charge in [0.2, 0.25) is 0 Å². The van der Waals surface area contributed by atoms with Crippen LogP contribution in [0, 0.1) is 0 Å². The topological polar surface area (TPSA) is 104 Å². The predicted octanol–water partition coefficient (Wildman–Crippen LogP) is 12.7. The summed E-state index contributed by atoms with van der Waals surface area (Å²) in [7, 11) is 0. The molecule has 7 aromatic carbocycles. The van der Waals surface area contributed by atoms with Gasteiger partial charge in [0.1, 0.15) is 39.1 Å². The second kappa shape index (κ2) is 12.3.